The molecule has 0 amide bonds. The van der Waals surface area contributed by atoms with E-state index in [4.69, 9.17) is 4.74 Å². The number of methoxy groups -OCH3 is 1. The number of H-pyrrole nitrogens is 1. The minimum Gasteiger partial charge on any atom is -0.497 e. The SMILES string of the molecule is CCCCCc1ccnc2[nH]c3ccc(-c4ccc(OC)cc4)cc3c12. The molecule has 0 spiro atoms. The molecule has 0 aliphatic carbocycles. The first-order chi connectivity index (χ1) is 12.8. The number of aromatic amines is 1. The van der Waals surface area contributed by atoms with Gasteiger partial charge in [0.05, 0.1) is 7.11 Å². The minimum absolute atomic E-state index is 0.879. The number of aryl methyl sites for hydroxylation is 1. The van der Waals surface area contributed by atoms with Gasteiger partial charge in [0, 0.05) is 22.5 Å². The maximum Gasteiger partial charge on any atom is 0.138 e. The second-order valence-electron chi connectivity index (χ2n) is 6.76. The highest BCUT2D eigenvalue weighted by Gasteiger charge is 2.11. The fraction of sp³-hybridized carbons (Fsp3) is 0.261. The van der Waals surface area contributed by atoms with Gasteiger partial charge >= 0.3 is 0 Å². The van der Waals surface area contributed by atoms with E-state index >= 15 is 0 Å². The molecule has 4 aromatic rings. The van der Waals surface area contributed by atoms with Crippen molar-refractivity contribution in [1.82, 2.24) is 9.97 Å². The molecule has 2 aromatic heterocycles. The van der Waals surface area contributed by atoms with Crippen LogP contribution in [0.15, 0.2) is 54.7 Å². The van der Waals surface area contributed by atoms with Gasteiger partial charge in [0.25, 0.3) is 0 Å². The highest BCUT2D eigenvalue weighted by Crippen LogP contribution is 2.32. The lowest BCUT2D eigenvalue weighted by Crippen LogP contribution is -1.88. The summed E-state index contributed by atoms with van der Waals surface area (Å²) in [5.74, 6) is 0.879. The lowest BCUT2D eigenvalue weighted by molar-refractivity contribution is 0.415. The molecule has 26 heavy (non-hydrogen) atoms. The number of hydrogen-bond acceptors (Lipinski definition) is 2. The zero-order valence-corrected chi connectivity index (χ0v) is 15.4. The van der Waals surface area contributed by atoms with Gasteiger partial charge in [-0.3, -0.25) is 0 Å². The van der Waals surface area contributed by atoms with Crippen LogP contribution >= 0.6 is 0 Å². The Morgan fingerprint density at radius 3 is 2.54 bits per heavy atom. The van der Waals surface area contributed by atoms with Crippen LogP contribution in [0.5, 0.6) is 5.75 Å². The molecule has 0 saturated carbocycles. The molecule has 0 bridgehead atoms. The third-order valence-electron chi connectivity index (χ3n) is 5.05. The van der Waals surface area contributed by atoms with Crippen LogP contribution < -0.4 is 4.74 Å². The van der Waals surface area contributed by atoms with Gasteiger partial charge in [-0.05, 0) is 59.9 Å². The Labute approximate surface area is 154 Å². The average Bonchev–Trinajstić information content (AvgIpc) is 3.07. The third-order valence-corrected chi connectivity index (χ3v) is 5.05. The monoisotopic (exact) mass is 344 g/mol. The quantitative estimate of drug-likeness (QED) is 0.428. The van der Waals surface area contributed by atoms with Gasteiger partial charge in [-0.15, -0.1) is 0 Å². The highest BCUT2D eigenvalue weighted by atomic mass is 16.5. The largest absolute Gasteiger partial charge is 0.497 e. The molecule has 0 unspecified atom stereocenters. The number of rotatable bonds is 6. The van der Waals surface area contributed by atoms with Crippen molar-refractivity contribution in [1.29, 1.82) is 0 Å². The van der Waals surface area contributed by atoms with Gasteiger partial charge in [0.15, 0.2) is 0 Å². The maximum atomic E-state index is 5.27. The summed E-state index contributed by atoms with van der Waals surface area (Å²) in [6.45, 7) is 2.25. The van der Waals surface area contributed by atoms with E-state index in [1.165, 1.54) is 46.7 Å². The predicted molar refractivity (Wildman–Crippen MR) is 109 cm³/mol. The number of hydrogen-bond donors (Lipinski definition) is 1. The molecule has 0 radical (unpaired) electrons. The number of nitrogens with one attached hydrogen (secondary N) is 1. The van der Waals surface area contributed by atoms with Gasteiger partial charge < -0.3 is 9.72 Å². The number of unbranched alkanes of at least 4 members (excludes halogenated alkanes) is 2. The molecule has 3 heteroatoms. The Balaban J connectivity index is 1.81. The second kappa shape index (κ2) is 7.20. The van der Waals surface area contributed by atoms with Crippen LogP contribution in [-0.2, 0) is 6.42 Å². The van der Waals surface area contributed by atoms with Crippen LogP contribution in [0.4, 0.5) is 0 Å². The fourth-order valence-corrected chi connectivity index (χ4v) is 3.62. The molecule has 0 atom stereocenters. The van der Waals surface area contributed by atoms with Crippen molar-refractivity contribution in [2.45, 2.75) is 32.6 Å². The van der Waals surface area contributed by atoms with Crippen LogP contribution in [0.2, 0.25) is 0 Å². The van der Waals surface area contributed by atoms with Crippen LogP contribution in [0.25, 0.3) is 33.1 Å². The summed E-state index contributed by atoms with van der Waals surface area (Å²) in [5, 5.41) is 2.53. The normalized spacial score (nSPS) is 11.3. The molecule has 3 nitrogen and oxygen atoms in total. The molecule has 0 aliphatic heterocycles. The number of pyridine rings is 1. The number of aromatic nitrogens is 2. The van der Waals surface area contributed by atoms with Crippen LogP contribution in [0.1, 0.15) is 31.7 Å². The van der Waals surface area contributed by atoms with Gasteiger partial charge in [0.2, 0.25) is 0 Å². The minimum atomic E-state index is 0.879. The molecule has 0 saturated heterocycles. The highest BCUT2D eigenvalue weighted by molar-refractivity contribution is 6.08. The van der Waals surface area contributed by atoms with E-state index < -0.39 is 0 Å². The van der Waals surface area contributed by atoms with Crippen molar-refractivity contribution >= 4 is 21.9 Å². The van der Waals surface area contributed by atoms with Crippen molar-refractivity contribution in [3.8, 4) is 16.9 Å². The first-order valence-corrected chi connectivity index (χ1v) is 9.34. The number of fused-ring (bicyclic) bond motifs is 3. The number of nitrogens with zero attached hydrogens (tertiary/aromatic N) is 1. The van der Waals surface area contributed by atoms with E-state index in [0.29, 0.717) is 0 Å². The Hall–Kier alpha value is -2.81. The topological polar surface area (TPSA) is 37.9 Å². The van der Waals surface area contributed by atoms with E-state index in [9.17, 15) is 0 Å². The van der Waals surface area contributed by atoms with E-state index in [2.05, 4.69) is 53.3 Å². The molecular weight excluding hydrogens is 320 g/mol. The smallest absolute Gasteiger partial charge is 0.138 e. The standard InChI is InChI=1S/C23H24N2O/c1-3-4-5-6-17-13-14-24-23-22(17)20-15-18(9-12-21(20)25-23)16-7-10-19(26-2)11-8-16/h7-15H,3-6H2,1-2H3,(H,24,25). The Bertz CT molecular complexity index is 1030. The molecule has 4 rings (SSSR count). The zero-order valence-electron chi connectivity index (χ0n) is 15.4. The summed E-state index contributed by atoms with van der Waals surface area (Å²) in [4.78, 5) is 8.03. The Morgan fingerprint density at radius 1 is 0.962 bits per heavy atom. The van der Waals surface area contributed by atoms with Gasteiger partial charge in [-0.1, -0.05) is 38.0 Å². The summed E-state index contributed by atoms with van der Waals surface area (Å²) in [6.07, 6.45) is 6.75. The molecule has 0 aliphatic rings. The van der Waals surface area contributed by atoms with Crippen molar-refractivity contribution < 1.29 is 4.74 Å². The molecule has 2 heterocycles. The van der Waals surface area contributed by atoms with Crippen LogP contribution in [0.3, 0.4) is 0 Å². The second-order valence-corrected chi connectivity index (χ2v) is 6.76. The lowest BCUT2D eigenvalue weighted by atomic mass is 9.99. The van der Waals surface area contributed by atoms with Crippen LogP contribution in [-0.4, -0.2) is 17.1 Å². The fourth-order valence-electron chi connectivity index (χ4n) is 3.62. The van der Waals surface area contributed by atoms with E-state index in [1.807, 2.05) is 18.3 Å². The van der Waals surface area contributed by atoms with Crippen molar-refractivity contribution in [3.05, 3.63) is 60.3 Å². The van der Waals surface area contributed by atoms with Crippen molar-refractivity contribution in [2.24, 2.45) is 0 Å². The number of ether oxygens (including phenoxy) is 1. The first-order valence-electron chi connectivity index (χ1n) is 9.34. The first kappa shape index (κ1) is 16.6. The Morgan fingerprint density at radius 2 is 1.77 bits per heavy atom. The zero-order chi connectivity index (χ0) is 17.9. The maximum absolute atomic E-state index is 5.27. The predicted octanol–water partition coefficient (Wildman–Crippen LogP) is 6.12. The third kappa shape index (κ3) is 3.05. The van der Waals surface area contributed by atoms with Gasteiger partial charge in [0.1, 0.15) is 11.4 Å². The molecule has 0 fully saturated rings. The molecule has 2 aromatic carbocycles. The lowest BCUT2D eigenvalue weighted by Gasteiger charge is -2.06. The Kier molecular flexibility index (Phi) is 4.61. The summed E-state index contributed by atoms with van der Waals surface area (Å²) in [6, 6.07) is 17.0. The van der Waals surface area contributed by atoms with Gasteiger partial charge in [-0.25, -0.2) is 4.98 Å². The van der Waals surface area contributed by atoms with Crippen molar-refractivity contribution in [2.75, 3.05) is 7.11 Å². The summed E-state index contributed by atoms with van der Waals surface area (Å²) >= 11 is 0. The summed E-state index contributed by atoms with van der Waals surface area (Å²) < 4.78 is 5.27. The van der Waals surface area contributed by atoms with Crippen molar-refractivity contribution in [3.63, 3.8) is 0 Å². The van der Waals surface area contributed by atoms with E-state index in [1.54, 1.807) is 7.11 Å². The average molecular weight is 344 g/mol. The number of benzene rings is 2. The van der Waals surface area contributed by atoms with Crippen LogP contribution in [0, 0.1) is 0 Å². The summed E-state index contributed by atoms with van der Waals surface area (Å²) in [5.41, 5.74) is 5.93. The molecule has 132 valence electrons. The molecular formula is C23H24N2O. The van der Waals surface area contributed by atoms with E-state index in [-0.39, 0.29) is 0 Å². The van der Waals surface area contributed by atoms with Gasteiger partial charge in [-0.2, -0.15) is 0 Å². The summed E-state index contributed by atoms with van der Waals surface area (Å²) in [7, 11) is 1.69. The molecule has 1 N–H and O–H groups in total. The van der Waals surface area contributed by atoms with E-state index in [0.717, 1.165) is 23.3 Å².